The lowest BCUT2D eigenvalue weighted by atomic mass is 10.0. The number of carbonyl (C=O) groups excluding carboxylic acids is 1. The number of hydrogen-bond acceptors (Lipinski definition) is 4. The van der Waals surface area contributed by atoms with Crippen LogP contribution in [-0.2, 0) is 11.3 Å². The molecular weight excluding hydrogens is 278 g/mol. The maximum atomic E-state index is 12.0. The molecule has 114 valence electrons. The maximum absolute atomic E-state index is 12.0. The summed E-state index contributed by atoms with van der Waals surface area (Å²) in [6, 6.07) is 7.79. The summed E-state index contributed by atoms with van der Waals surface area (Å²) in [5, 5.41) is 14.9. The Hall–Kier alpha value is -2.68. The number of rotatable bonds is 5. The summed E-state index contributed by atoms with van der Waals surface area (Å²) in [7, 11) is 0. The van der Waals surface area contributed by atoms with Gasteiger partial charge in [0.2, 0.25) is 11.7 Å². The molecule has 6 heteroatoms. The van der Waals surface area contributed by atoms with Crippen molar-refractivity contribution in [3.05, 3.63) is 29.8 Å². The van der Waals surface area contributed by atoms with E-state index in [1.807, 2.05) is 38.1 Å². The first-order valence-corrected chi connectivity index (χ1v) is 7.09. The zero-order chi connectivity index (χ0) is 16.2. The lowest BCUT2D eigenvalue weighted by Crippen LogP contribution is -2.45. The minimum atomic E-state index is -0.655. The summed E-state index contributed by atoms with van der Waals surface area (Å²) in [6.45, 7) is 5.71. The van der Waals surface area contributed by atoms with Crippen LogP contribution in [0, 0.1) is 19.3 Å². The van der Waals surface area contributed by atoms with Crippen LogP contribution in [-0.4, -0.2) is 31.7 Å². The van der Waals surface area contributed by atoms with Crippen LogP contribution >= 0.6 is 0 Å². The number of benzene rings is 1. The molecule has 1 aromatic carbocycles. The highest BCUT2D eigenvalue weighted by molar-refractivity contribution is 5.77. The molecule has 2 rings (SSSR count). The van der Waals surface area contributed by atoms with Crippen LogP contribution < -0.4 is 5.32 Å². The first-order chi connectivity index (χ1) is 10.5. The Balaban J connectivity index is 2.05. The van der Waals surface area contributed by atoms with E-state index in [9.17, 15) is 4.79 Å². The van der Waals surface area contributed by atoms with Crippen molar-refractivity contribution in [2.24, 2.45) is 0 Å². The van der Waals surface area contributed by atoms with Crippen LogP contribution in [0.1, 0.15) is 25.8 Å². The molecule has 0 fully saturated rings. The van der Waals surface area contributed by atoms with E-state index in [1.165, 1.54) is 4.80 Å². The van der Waals surface area contributed by atoms with Crippen LogP contribution in [0.25, 0.3) is 11.4 Å². The van der Waals surface area contributed by atoms with Crippen molar-refractivity contribution < 1.29 is 4.79 Å². The molecule has 22 heavy (non-hydrogen) atoms. The van der Waals surface area contributed by atoms with E-state index < -0.39 is 5.54 Å². The lowest BCUT2D eigenvalue weighted by molar-refractivity contribution is -0.123. The number of carbonyl (C=O) groups is 1. The van der Waals surface area contributed by atoms with Crippen LogP contribution in [0.15, 0.2) is 24.3 Å². The molecule has 0 aliphatic carbocycles. The first-order valence-electron chi connectivity index (χ1n) is 7.09. The normalized spacial score (nSPS) is 13.2. The number of tetrazole rings is 1. The lowest BCUT2D eigenvalue weighted by Gasteiger charge is -2.22. The molecular formula is C16H19N5O. The molecule has 1 N–H and O–H groups in total. The highest BCUT2D eigenvalue weighted by atomic mass is 16.2. The Morgan fingerprint density at radius 3 is 2.68 bits per heavy atom. The van der Waals surface area contributed by atoms with Crippen molar-refractivity contribution in [2.75, 3.05) is 0 Å². The fraction of sp³-hybridized carbons (Fsp3) is 0.375. The average molecular weight is 297 g/mol. The molecule has 0 bridgehead atoms. The molecule has 6 nitrogen and oxygen atoms in total. The molecule has 2 aromatic rings. The van der Waals surface area contributed by atoms with Crippen molar-refractivity contribution >= 4 is 5.91 Å². The maximum Gasteiger partial charge on any atom is 0.244 e. The number of nitrogens with one attached hydrogen (secondary N) is 1. The molecule has 0 aliphatic rings. The summed E-state index contributed by atoms with van der Waals surface area (Å²) in [6.07, 6.45) is 6.08. The SMILES string of the molecule is C#C[C@](C)(CC)NC(=O)Cn1nnc(-c2ccc(C)cc2)n1. The molecule has 1 amide bonds. The Bertz CT molecular complexity index is 698. The number of nitrogens with zero attached hydrogens (tertiary/aromatic N) is 4. The zero-order valence-electron chi connectivity index (χ0n) is 13.0. The molecule has 0 saturated carbocycles. The third-order valence-electron chi connectivity index (χ3n) is 3.49. The van der Waals surface area contributed by atoms with Gasteiger partial charge in [-0.15, -0.1) is 16.6 Å². The molecule has 0 saturated heterocycles. The number of hydrogen-bond donors (Lipinski definition) is 1. The molecule has 1 atom stereocenters. The van der Waals surface area contributed by atoms with Gasteiger partial charge in [-0.25, -0.2) is 0 Å². The Labute approximate surface area is 129 Å². The zero-order valence-corrected chi connectivity index (χ0v) is 13.0. The molecule has 0 unspecified atom stereocenters. The third-order valence-corrected chi connectivity index (χ3v) is 3.49. The average Bonchev–Trinajstić information content (AvgIpc) is 2.96. The Morgan fingerprint density at radius 2 is 2.09 bits per heavy atom. The van der Waals surface area contributed by atoms with Crippen LogP contribution in [0.2, 0.25) is 0 Å². The number of aromatic nitrogens is 4. The number of amides is 1. The van der Waals surface area contributed by atoms with Crippen molar-refractivity contribution in [3.63, 3.8) is 0 Å². The van der Waals surface area contributed by atoms with Gasteiger partial charge >= 0.3 is 0 Å². The van der Waals surface area contributed by atoms with Gasteiger partial charge in [0.05, 0.1) is 5.54 Å². The summed E-state index contributed by atoms with van der Waals surface area (Å²) in [5.74, 6) is 2.83. The van der Waals surface area contributed by atoms with E-state index in [0.717, 1.165) is 11.1 Å². The third kappa shape index (κ3) is 3.70. The topological polar surface area (TPSA) is 72.7 Å². The molecule has 0 radical (unpaired) electrons. The minimum Gasteiger partial charge on any atom is -0.338 e. The second kappa shape index (κ2) is 6.39. The Kier molecular flexibility index (Phi) is 4.56. The fourth-order valence-corrected chi connectivity index (χ4v) is 1.83. The number of aryl methyl sites for hydroxylation is 1. The van der Waals surface area contributed by atoms with E-state index in [0.29, 0.717) is 12.2 Å². The van der Waals surface area contributed by atoms with E-state index in [2.05, 4.69) is 26.6 Å². The molecule has 0 spiro atoms. The Morgan fingerprint density at radius 1 is 1.41 bits per heavy atom. The summed E-state index contributed by atoms with van der Waals surface area (Å²) >= 11 is 0. The van der Waals surface area contributed by atoms with Crippen LogP contribution in [0.3, 0.4) is 0 Å². The highest BCUT2D eigenvalue weighted by Crippen LogP contribution is 2.14. The van der Waals surface area contributed by atoms with Gasteiger partial charge in [-0.05, 0) is 25.5 Å². The van der Waals surface area contributed by atoms with Gasteiger partial charge in [-0.2, -0.15) is 4.80 Å². The first kappa shape index (κ1) is 15.7. The standard InChI is InChI=1S/C16H19N5O/c1-5-16(4,6-2)17-14(22)11-21-19-15(18-20-21)13-9-7-12(3)8-10-13/h1,7-10H,6,11H2,2-4H3,(H,17,22)/t16-/m1/s1. The van der Waals surface area contributed by atoms with Gasteiger partial charge in [0.25, 0.3) is 0 Å². The van der Waals surface area contributed by atoms with Crippen LogP contribution in [0.5, 0.6) is 0 Å². The molecule has 0 aliphatic heterocycles. The number of terminal acetylenes is 1. The fourth-order valence-electron chi connectivity index (χ4n) is 1.83. The van der Waals surface area contributed by atoms with Crippen molar-refractivity contribution in [3.8, 4) is 23.7 Å². The van der Waals surface area contributed by atoms with Gasteiger partial charge in [-0.3, -0.25) is 4.79 Å². The van der Waals surface area contributed by atoms with Crippen molar-refractivity contribution in [1.82, 2.24) is 25.5 Å². The van der Waals surface area contributed by atoms with Gasteiger partial charge in [0.1, 0.15) is 6.54 Å². The second-order valence-electron chi connectivity index (χ2n) is 5.39. The highest BCUT2D eigenvalue weighted by Gasteiger charge is 2.21. The summed E-state index contributed by atoms with van der Waals surface area (Å²) < 4.78 is 0. The monoisotopic (exact) mass is 297 g/mol. The van der Waals surface area contributed by atoms with Gasteiger partial charge in [0.15, 0.2) is 0 Å². The van der Waals surface area contributed by atoms with E-state index in [-0.39, 0.29) is 12.5 Å². The smallest absolute Gasteiger partial charge is 0.244 e. The summed E-state index contributed by atoms with van der Waals surface area (Å²) in [4.78, 5) is 13.3. The van der Waals surface area contributed by atoms with E-state index in [1.54, 1.807) is 6.92 Å². The van der Waals surface area contributed by atoms with Gasteiger partial charge < -0.3 is 5.32 Å². The van der Waals surface area contributed by atoms with Crippen LogP contribution in [0.4, 0.5) is 0 Å². The predicted molar refractivity (Wildman–Crippen MR) is 83.7 cm³/mol. The summed E-state index contributed by atoms with van der Waals surface area (Å²) in [5.41, 5.74) is 1.36. The largest absolute Gasteiger partial charge is 0.338 e. The second-order valence-corrected chi connectivity index (χ2v) is 5.39. The molecule has 1 heterocycles. The quantitative estimate of drug-likeness (QED) is 0.850. The van der Waals surface area contributed by atoms with Crippen molar-refractivity contribution in [2.45, 2.75) is 39.3 Å². The van der Waals surface area contributed by atoms with E-state index in [4.69, 9.17) is 6.42 Å². The van der Waals surface area contributed by atoms with E-state index >= 15 is 0 Å². The molecule has 1 aromatic heterocycles. The van der Waals surface area contributed by atoms with Crippen molar-refractivity contribution in [1.29, 1.82) is 0 Å². The predicted octanol–water partition coefficient (Wildman–Crippen LogP) is 1.57. The van der Waals surface area contributed by atoms with Gasteiger partial charge in [-0.1, -0.05) is 42.7 Å². The van der Waals surface area contributed by atoms with Gasteiger partial charge in [0, 0.05) is 5.56 Å². The minimum absolute atomic E-state index is 0.0177.